The minimum absolute atomic E-state index is 0.765. The van der Waals surface area contributed by atoms with E-state index in [4.69, 9.17) is 16.6 Å². The van der Waals surface area contributed by atoms with Crippen LogP contribution in [-0.4, -0.2) is 31.2 Å². The van der Waals surface area contributed by atoms with Gasteiger partial charge in [0.2, 0.25) is 0 Å². The summed E-state index contributed by atoms with van der Waals surface area (Å²) in [6.45, 7) is 5.53. The van der Waals surface area contributed by atoms with E-state index in [2.05, 4.69) is 40.6 Å². The van der Waals surface area contributed by atoms with Gasteiger partial charge in [-0.3, -0.25) is 0 Å². The molecule has 0 radical (unpaired) electrons. The van der Waals surface area contributed by atoms with Gasteiger partial charge in [0.1, 0.15) is 17.2 Å². The van der Waals surface area contributed by atoms with Gasteiger partial charge in [-0.15, -0.1) is 11.3 Å². The number of hydrogen-bond acceptors (Lipinski definition) is 3. The van der Waals surface area contributed by atoms with E-state index in [1.165, 1.54) is 11.4 Å². The lowest BCUT2D eigenvalue weighted by Gasteiger charge is -2.33. The van der Waals surface area contributed by atoms with Crippen LogP contribution in [0.1, 0.15) is 5.69 Å². The van der Waals surface area contributed by atoms with Gasteiger partial charge in [0, 0.05) is 21.7 Å². The van der Waals surface area contributed by atoms with Crippen LogP contribution in [0.2, 0.25) is 5.02 Å². The summed E-state index contributed by atoms with van der Waals surface area (Å²) in [6.07, 6.45) is 0. The number of halogens is 1. The van der Waals surface area contributed by atoms with Crippen LogP contribution in [0.25, 0.3) is 10.6 Å². The Morgan fingerprint density at radius 3 is 2.44 bits per heavy atom. The highest BCUT2D eigenvalue weighted by molar-refractivity contribution is 7.13. The third-order valence-electron chi connectivity index (χ3n) is 4.67. The Balaban J connectivity index is 1.35. The number of para-hydroxylation sites is 1. The van der Waals surface area contributed by atoms with Crippen LogP contribution < -0.4 is 9.80 Å². The summed E-state index contributed by atoms with van der Waals surface area (Å²) >= 11 is 7.68. The van der Waals surface area contributed by atoms with E-state index in [0.717, 1.165) is 48.3 Å². The van der Waals surface area contributed by atoms with Crippen LogP contribution in [0.4, 0.5) is 5.69 Å². The second-order valence-electron chi connectivity index (χ2n) is 6.40. The maximum Gasteiger partial charge on any atom is 0.123 e. The normalized spacial score (nSPS) is 15.5. The SMILES string of the molecule is Clc1ccc(-c2nc(C[NH+]3CCN(c4ccccc4)CC3)cs2)cc1. The predicted octanol–water partition coefficient (Wildman–Crippen LogP) is 3.37. The molecule has 4 rings (SSSR count). The summed E-state index contributed by atoms with van der Waals surface area (Å²) in [4.78, 5) is 8.91. The fourth-order valence-electron chi connectivity index (χ4n) is 3.27. The highest BCUT2D eigenvalue weighted by Crippen LogP contribution is 2.24. The molecule has 1 N–H and O–H groups in total. The Morgan fingerprint density at radius 1 is 1.00 bits per heavy atom. The van der Waals surface area contributed by atoms with Crippen LogP contribution in [-0.2, 0) is 6.54 Å². The Morgan fingerprint density at radius 2 is 1.72 bits per heavy atom. The minimum Gasteiger partial charge on any atom is -0.360 e. The van der Waals surface area contributed by atoms with E-state index in [1.807, 2.05) is 24.3 Å². The Bertz CT molecular complexity index is 808. The molecule has 25 heavy (non-hydrogen) atoms. The van der Waals surface area contributed by atoms with Crippen molar-refractivity contribution in [2.45, 2.75) is 6.54 Å². The third-order valence-corrected chi connectivity index (χ3v) is 5.86. The van der Waals surface area contributed by atoms with E-state index in [9.17, 15) is 0 Å². The zero-order chi connectivity index (χ0) is 17.1. The summed E-state index contributed by atoms with van der Waals surface area (Å²) in [6, 6.07) is 18.6. The summed E-state index contributed by atoms with van der Waals surface area (Å²) < 4.78 is 0. The first-order valence-electron chi connectivity index (χ1n) is 8.62. The molecule has 0 atom stereocenters. The van der Waals surface area contributed by atoms with Gasteiger partial charge in [0.15, 0.2) is 0 Å². The Labute approximate surface area is 157 Å². The first-order valence-corrected chi connectivity index (χ1v) is 9.87. The number of nitrogens with one attached hydrogen (secondary N) is 1. The molecule has 2 heterocycles. The average molecular weight is 371 g/mol. The van der Waals surface area contributed by atoms with Crippen molar-refractivity contribution >= 4 is 28.6 Å². The van der Waals surface area contributed by atoms with Gasteiger partial charge in [-0.1, -0.05) is 41.9 Å². The molecule has 1 aliphatic heterocycles. The van der Waals surface area contributed by atoms with Crippen molar-refractivity contribution in [1.29, 1.82) is 0 Å². The fourth-order valence-corrected chi connectivity index (χ4v) is 4.22. The molecular weight excluding hydrogens is 350 g/mol. The molecule has 0 unspecified atom stereocenters. The summed E-state index contributed by atoms with van der Waals surface area (Å²) in [5.41, 5.74) is 3.67. The zero-order valence-electron chi connectivity index (χ0n) is 14.0. The van der Waals surface area contributed by atoms with Crippen molar-refractivity contribution in [2.24, 2.45) is 0 Å². The van der Waals surface area contributed by atoms with Crippen LogP contribution in [0.3, 0.4) is 0 Å². The lowest BCUT2D eigenvalue weighted by Crippen LogP contribution is -3.13. The largest absolute Gasteiger partial charge is 0.360 e. The van der Waals surface area contributed by atoms with Gasteiger partial charge in [0.25, 0.3) is 0 Å². The van der Waals surface area contributed by atoms with Crippen LogP contribution in [0.5, 0.6) is 0 Å². The van der Waals surface area contributed by atoms with E-state index in [0.29, 0.717) is 0 Å². The molecule has 0 aliphatic carbocycles. The summed E-state index contributed by atoms with van der Waals surface area (Å²) in [5, 5.41) is 4.04. The number of rotatable bonds is 4. The van der Waals surface area contributed by atoms with Gasteiger partial charge < -0.3 is 9.80 Å². The quantitative estimate of drug-likeness (QED) is 0.760. The van der Waals surface area contributed by atoms with E-state index in [1.54, 1.807) is 16.2 Å². The van der Waals surface area contributed by atoms with Gasteiger partial charge in [-0.25, -0.2) is 4.98 Å². The fraction of sp³-hybridized carbons (Fsp3) is 0.250. The van der Waals surface area contributed by atoms with E-state index in [-0.39, 0.29) is 0 Å². The molecule has 0 bridgehead atoms. The summed E-state index contributed by atoms with van der Waals surface area (Å²) in [5.74, 6) is 0. The maximum atomic E-state index is 5.96. The molecule has 1 aromatic heterocycles. The number of aromatic nitrogens is 1. The Hall–Kier alpha value is -1.88. The molecule has 2 aromatic carbocycles. The van der Waals surface area contributed by atoms with Crippen LogP contribution >= 0.6 is 22.9 Å². The molecule has 1 aliphatic rings. The number of piperazine rings is 1. The van der Waals surface area contributed by atoms with E-state index >= 15 is 0 Å². The third kappa shape index (κ3) is 4.03. The molecule has 1 fully saturated rings. The highest BCUT2D eigenvalue weighted by Gasteiger charge is 2.21. The molecular formula is C20H21ClN3S+. The monoisotopic (exact) mass is 370 g/mol. The topological polar surface area (TPSA) is 20.6 Å². The Kier molecular flexibility index (Phi) is 5.02. The predicted molar refractivity (Wildman–Crippen MR) is 106 cm³/mol. The van der Waals surface area contributed by atoms with Gasteiger partial charge in [-0.05, 0) is 24.3 Å². The zero-order valence-corrected chi connectivity index (χ0v) is 15.6. The molecule has 128 valence electrons. The van der Waals surface area contributed by atoms with Crippen molar-refractivity contribution in [3.05, 3.63) is 70.7 Å². The molecule has 5 heteroatoms. The van der Waals surface area contributed by atoms with Crippen molar-refractivity contribution in [3.8, 4) is 10.6 Å². The smallest absolute Gasteiger partial charge is 0.123 e. The summed E-state index contributed by atoms with van der Waals surface area (Å²) in [7, 11) is 0. The van der Waals surface area contributed by atoms with Gasteiger partial charge >= 0.3 is 0 Å². The number of anilines is 1. The van der Waals surface area contributed by atoms with Gasteiger partial charge in [0.05, 0.1) is 26.2 Å². The molecule has 1 saturated heterocycles. The molecule has 0 spiro atoms. The van der Waals surface area contributed by atoms with E-state index < -0.39 is 0 Å². The van der Waals surface area contributed by atoms with Crippen molar-refractivity contribution in [3.63, 3.8) is 0 Å². The lowest BCUT2D eigenvalue weighted by atomic mass is 10.2. The first-order chi connectivity index (χ1) is 12.3. The van der Waals surface area contributed by atoms with Crippen LogP contribution in [0.15, 0.2) is 60.0 Å². The first kappa shape index (κ1) is 16.6. The average Bonchev–Trinajstić information content (AvgIpc) is 3.12. The number of thiazole rings is 1. The second kappa shape index (κ2) is 7.56. The second-order valence-corrected chi connectivity index (χ2v) is 7.69. The van der Waals surface area contributed by atoms with Crippen molar-refractivity contribution in [1.82, 2.24) is 4.98 Å². The van der Waals surface area contributed by atoms with Crippen molar-refractivity contribution < 1.29 is 4.90 Å². The molecule has 0 saturated carbocycles. The molecule has 3 aromatic rings. The van der Waals surface area contributed by atoms with Crippen LogP contribution in [0, 0.1) is 0 Å². The number of nitrogens with zero attached hydrogens (tertiary/aromatic N) is 2. The molecule has 0 amide bonds. The standard InChI is InChI=1S/C20H20ClN3S/c21-17-8-6-16(7-9-17)20-22-18(15-25-20)14-23-10-12-24(13-11-23)19-4-2-1-3-5-19/h1-9,15H,10-14H2/p+1. The van der Waals surface area contributed by atoms with Gasteiger partial charge in [-0.2, -0.15) is 0 Å². The minimum atomic E-state index is 0.765. The van der Waals surface area contributed by atoms with Crippen molar-refractivity contribution in [2.75, 3.05) is 31.1 Å². The lowest BCUT2D eigenvalue weighted by molar-refractivity contribution is -0.914. The molecule has 3 nitrogen and oxygen atoms in total. The maximum absolute atomic E-state index is 5.96. The number of quaternary nitrogens is 1. The highest BCUT2D eigenvalue weighted by atomic mass is 35.5. The number of benzene rings is 2. The number of hydrogen-bond donors (Lipinski definition) is 1.